The van der Waals surface area contributed by atoms with Gasteiger partial charge in [-0.1, -0.05) is 13.3 Å². The summed E-state index contributed by atoms with van der Waals surface area (Å²) in [6.45, 7) is 3.15. The first-order valence-corrected chi connectivity index (χ1v) is 6.24. The van der Waals surface area contributed by atoms with Gasteiger partial charge >= 0.3 is 0 Å². The Kier molecular flexibility index (Phi) is 5.95. The number of hydrogen-bond donors (Lipinski definition) is 2. The van der Waals surface area contributed by atoms with E-state index in [4.69, 9.17) is 17.0 Å². The zero-order valence-electron chi connectivity index (χ0n) is 9.71. The minimum Gasteiger partial charge on any atom is -0.381 e. The van der Waals surface area contributed by atoms with Gasteiger partial charge in [-0.3, -0.25) is 0 Å². The van der Waals surface area contributed by atoms with Crippen LogP contribution in [0.25, 0.3) is 0 Å². The Labute approximate surface area is 98.0 Å². The van der Waals surface area contributed by atoms with Crippen molar-refractivity contribution in [2.45, 2.75) is 51.2 Å². The van der Waals surface area contributed by atoms with Gasteiger partial charge in [0.1, 0.15) is 0 Å². The summed E-state index contributed by atoms with van der Waals surface area (Å²) in [6.07, 6.45) is 6.17. The van der Waals surface area contributed by atoms with Crippen molar-refractivity contribution < 1.29 is 4.74 Å². The number of ether oxygens (including phenoxy) is 1. The first kappa shape index (κ1) is 12.7. The molecule has 0 bridgehead atoms. The molecule has 2 N–H and O–H groups in total. The predicted molar refractivity (Wildman–Crippen MR) is 67.1 cm³/mol. The molecule has 1 rings (SSSR count). The lowest BCUT2D eigenvalue weighted by Crippen LogP contribution is -2.41. The van der Waals surface area contributed by atoms with Gasteiger partial charge in [-0.25, -0.2) is 0 Å². The molecule has 1 aliphatic rings. The van der Waals surface area contributed by atoms with E-state index in [1.54, 1.807) is 7.11 Å². The molecule has 2 unspecified atom stereocenters. The molecule has 1 aliphatic carbocycles. The van der Waals surface area contributed by atoms with E-state index in [-0.39, 0.29) is 0 Å². The number of unbranched alkanes of at least 4 members (excludes halogenated alkanes) is 1. The summed E-state index contributed by atoms with van der Waals surface area (Å²) in [5.74, 6) is 0. The highest BCUT2D eigenvalue weighted by molar-refractivity contribution is 7.80. The predicted octanol–water partition coefficient (Wildman–Crippen LogP) is 1.82. The topological polar surface area (TPSA) is 33.3 Å². The van der Waals surface area contributed by atoms with Crippen LogP contribution in [0.5, 0.6) is 0 Å². The van der Waals surface area contributed by atoms with Crippen molar-refractivity contribution in [1.29, 1.82) is 0 Å². The SMILES string of the molecule is CCCCNC(=S)NC1CCC(OC)C1. The van der Waals surface area contributed by atoms with Gasteiger partial charge in [0.05, 0.1) is 6.10 Å². The van der Waals surface area contributed by atoms with Gasteiger partial charge in [0.15, 0.2) is 5.11 Å². The Morgan fingerprint density at radius 1 is 1.47 bits per heavy atom. The molecule has 3 nitrogen and oxygen atoms in total. The third kappa shape index (κ3) is 4.80. The summed E-state index contributed by atoms with van der Waals surface area (Å²) < 4.78 is 5.32. The number of methoxy groups -OCH3 is 1. The third-order valence-electron chi connectivity index (χ3n) is 2.87. The fourth-order valence-corrected chi connectivity index (χ4v) is 2.17. The van der Waals surface area contributed by atoms with Crippen LogP contribution in [0.4, 0.5) is 0 Å². The summed E-state index contributed by atoms with van der Waals surface area (Å²) in [6, 6.07) is 0.497. The van der Waals surface area contributed by atoms with Gasteiger partial charge < -0.3 is 15.4 Å². The highest BCUT2D eigenvalue weighted by atomic mass is 32.1. The summed E-state index contributed by atoms with van der Waals surface area (Å²) in [4.78, 5) is 0. The molecule has 0 aromatic heterocycles. The largest absolute Gasteiger partial charge is 0.381 e. The second kappa shape index (κ2) is 7.01. The van der Waals surface area contributed by atoms with Crippen LogP contribution in [0.2, 0.25) is 0 Å². The van der Waals surface area contributed by atoms with Crippen molar-refractivity contribution in [3.63, 3.8) is 0 Å². The smallest absolute Gasteiger partial charge is 0.166 e. The molecule has 0 aromatic rings. The molecule has 0 radical (unpaired) electrons. The van der Waals surface area contributed by atoms with Crippen LogP contribution in [0.1, 0.15) is 39.0 Å². The average molecular weight is 230 g/mol. The van der Waals surface area contributed by atoms with E-state index in [9.17, 15) is 0 Å². The molecular weight excluding hydrogens is 208 g/mol. The van der Waals surface area contributed by atoms with E-state index in [1.807, 2.05) is 0 Å². The van der Waals surface area contributed by atoms with E-state index >= 15 is 0 Å². The Bertz CT molecular complexity index is 199. The summed E-state index contributed by atoms with van der Waals surface area (Å²) in [5, 5.41) is 7.36. The number of hydrogen-bond acceptors (Lipinski definition) is 2. The molecule has 0 heterocycles. The van der Waals surface area contributed by atoms with Crippen LogP contribution < -0.4 is 10.6 Å². The van der Waals surface area contributed by atoms with E-state index in [1.165, 1.54) is 12.8 Å². The number of rotatable bonds is 5. The van der Waals surface area contributed by atoms with Crippen molar-refractivity contribution in [2.75, 3.05) is 13.7 Å². The number of thiocarbonyl (C=S) groups is 1. The number of nitrogens with one attached hydrogen (secondary N) is 2. The summed E-state index contributed by atoms with van der Waals surface area (Å²) in [5.41, 5.74) is 0. The molecule has 88 valence electrons. The van der Waals surface area contributed by atoms with Crippen LogP contribution in [-0.4, -0.2) is 30.9 Å². The van der Waals surface area contributed by atoms with Gasteiger partial charge in [-0.2, -0.15) is 0 Å². The Balaban J connectivity index is 2.10. The lowest BCUT2D eigenvalue weighted by atomic mass is 10.2. The zero-order valence-corrected chi connectivity index (χ0v) is 10.5. The van der Waals surface area contributed by atoms with E-state index < -0.39 is 0 Å². The fourth-order valence-electron chi connectivity index (χ4n) is 1.90. The van der Waals surface area contributed by atoms with Gasteiger partial charge in [-0.05, 0) is 37.9 Å². The van der Waals surface area contributed by atoms with Crippen molar-refractivity contribution in [2.24, 2.45) is 0 Å². The second-order valence-electron chi connectivity index (χ2n) is 4.12. The lowest BCUT2D eigenvalue weighted by Gasteiger charge is -2.16. The Morgan fingerprint density at radius 2 is 2.27 bits per heavy atom. The monoisotopic (exact) mass is 230 g/mol. The highest BCUT2D eigenvalue weighted by Gasteiger charge is 2.24. The van der Waals surface area contributed by atoms with Crippen LogP contribution >= 0.6 is 12.2 Å². The van der Waals surface area contributed by atoms with Gasteiger partial charge in [0.2, 0.25) is 0 Å². The normalized spacial score (nSPS) is 25.2. The maximum Gasteiger partial charge on any atom is 0.166 e. The van der Waals surface area contributed by atoms with Crippen LogP contribution in [0, 0.1) is 0 Å². The van der Waals surface area contributed by atoms with Crippen LogP contribution in [0.3, 0.4) is 0 Å². The fraction of sp³-hybridized carbons (Fsp3) is 0.909. The van der Waals surface area contributed by atoms with Crippen molar-refractivity contribution >= 4 is 17.3 Å². The first-order valence-electron chi connectivity index (χ1n) is 5.83. The minimum atomic E-state index is 0.418. The van der Waals surface area contributed by atoms with Gasteiger partial charge in [0.25, 0.3) is 0 Å². The molecule has 0 aliphatic heterocycles. The molecule has 15 heavy (non-hydrogen) atoms. The quantitative estimate of drug-likeness (QED) is 0.557. The Morgan fingerprint density at radius 3 is 2.87 bits per heavy atom. The molecular formula is C11H22N2OS. The molecule has 0 spiro atoms. The first-order chi connectivity index (χ1) is 7.26. The van der Waals surface area contributed by atoms with Crippen LogP contribution in [-0.2, 0) is 4.74 Å². The Hall–Kier alpha value is -0.350. The van der Waals surface area contributed by atoms with E-state index in [0.717, 1.165) is 30.9 Å². The molecule has 0 aromatic carbocycles. The molecule has 0 amide bonds. The van der Waals surface area contributed by atoms with Crippen molar-refractivity contribution in [3.05, 3.63) is 0 Å². The van der Waals surface area contributed by atoms with Gasteiger partial charge in [-0.15, -0.1) is 0 Å². The average Bonchev–Trinajstić information content (AvgIpc) is 2.66. The molecule has 2 atom stereocenters. The van der Waals surface area contributed by atoms with Crippen molar-refractivity contribution in [1.82, 2.24) is 10.6 Å². The maximum absolute atomic E-state index is 5.32. The highest BCUT2D eigenvalue weighted by Crippen LogP contribution is 2.21. The second-order valence-corrected chi connectivity index (χ2v) is 4.53. The standard InChI is InChI=1S/C11H22N2OS/c1-3-4-7-12-11(15)13-9-5-6-10(8-9)14-2/h9-10H,3-8H2,1-2H3,(H2,12,13,15). The molecule has 1 saturated carbocycles. The van der Waals surface area contributed by atoms with Crippen LogP contribution in [0.15, 0.2) is 0 Å². The van der Waals surface area contributed by atoms with Gasteiger partial charge in [0, 0.05) is 19.7 Å². The summed E-state index contributed by atoms with van der Waals surface area (Å²) in [7, 11) is 1.78. The van der Waals surface area contributed by atoms with Crippen molar-refractivity contribution in [3.8, 4) is 0 Å². The molecule has 1 fully saturated rings. The third-order valence-corrected chi connectivity index (χ3v) is 3.13. The molecule has 4 heteroatoms. The van der Waals surface area contributed by atoms with E-state index in [2.05, 4.69) is 17.6 Å². The zero-order chi connectivity index (χ0) is 11.1. The minimum absolute atomic E-state index is 0.418. The molecule has 0 saturated heterocycles. The summed E-state index contributed by atoms with van der Waals surface area (Å²) >= 11 is 5.22. The maximum atomic E-state index is 5.32. The van der Waals surface area contributed by atoms with E-state index in [0.29, 0.717) is 12.1 Å². The lowest BCUT2D eigenvalue weighted by molar-refractivity contribution is 0.107.